The van der Waals surface area contributed by atoms with E-state index in [0.29, 0.717) is 5.56 Å². The lowest BCUT2D eigenvalue weighted by Gasteiger charge is -2.29. The molecule has 3 aromatic rings. The normalized spacial score (nSPS) is 16.8. The molecule has 2 unspecified atom stereocenters. The van der Waals surface area contributed by atoms with Crippen LogP contribution < -0.4 is 15.4 Å². The van der Waals surface area contributed by atoms with Crippen molar-refractivity contribution in [3.8, 4) is 5.75 Å². The molecule has 222 valence electrons. The predicted octanol–water partition coefficient (Wildman–Crippen LogP) is 3.37. The van der Waals surface area contributed by atoms with Crippen LogP contribution in [0.1, 0.15) is 40.5 Å². The van der Waals surface area contributed by atoms with Crippen molar-refractivity contribution in [1.29, 1.82) is 0 Å². The Balaban J connectivity index is 1.61. The number of thiazole rings is 1. The molecular formula is C27H29N4O9PS. The number of nitrogens with one attached hydrogen (secondary N) is 2. The van der Waals surface area contributed by atoms with E-state index in [0.717, 1.165) is 21.8 Å². The van der Waals surface area contributed by atoms with E-state index in [9.17, 15) is 23.7 Å². The zero-order valence-electron chi connectivity index (χ0n) is 23.1. The van der Waals surface area contributed by atoms with E-state index in [1.807, 2.05) is 6.07 Å². The van der Waals surface area contributed by atoms with E-state index in [2.05, 4.69) is 20.4 Å². The summed E-state index contributed by atoms with van der Waals surface area (Å²) in [6.07, 6.45) is 0. The average molecular weight is 617 g/mol. The number of esters is 1. The number of nitrogens with zero attached hydrogens (tertiary/aromatic N) is 2. The number of carbonyl (C=O) groups excluding carboxylic acids is 4. The zero-order chi connectivity index (χ0) is 30.4. The van der Waals surface area contributed by atoms with Gasteiger partial charge in [-0.15, -0.1) is 11.3 Å². The van der Waals surface area contributed by atoms with Crippen molar-refractivity contribution in [2.45, 2.75) is 30.6 Å². The molecule has 4 atom stereocenters. The third-order valence-corrected chi connectivity index (χ3v) is 8.27. The smallest absolute Gasteiger partial charge is 0.374 e. The minimum atomic E-state index is -1.74. The van der Waals surface area contributed by atoms with Crippen molar-refractivity contribution < 1.29 is 42.7 Å². The number of ether oxygens (including phenoxy) is 4. The highest BCUT2D eigenvalue weighted by Gasteiger charge is 2.47. The number of urea groups is 1. The van der Waals surface area contributed by atoms with Gasteiger partial charge >= 0.3 is 17.7 Å². The number of imide groups is 1. The van der Waals surface area contributed by atoms with Gasteiger partial charge in [0.2, 0.25) is 5.91 Å². The maximum absolute atomic E-state index is 13.7. The van der Waals surface area contributed by atoms with Gasteiger partial charge in [-0.25, -0.2) is 19.5 Å². The van der Waals surface area contributed by atoms with Gasteiger partial charge < -0.3 is 34.1 Å². The Kier molecular flexibility index (Phi) is 9.74. The second-order valence-electron chi connectivity index (χ2n) is 9.05. The molecule has 13 nitrogen and oxygen atoms in total. The lowest BCUT2D eigenvalue weighted by atomic mass is 9.91. The fraction of sp³-hybridized carbons (Fsp3) is 0.296. The molecule has 1 aliphatic rings. The van der Waals surface area contributed by atoms with Gasteiger partial charge in [0.15, 0.2) is 19.3 Å². The summed E-state index contributed by atoms with van der Waals surface area (Å²) in [6, 6.07) is 12.0. The summed E-state index contributed by atoms with van der Waals surface area (Å²) in [5.41, 5.74) is -0.582. The standard InChI is InChI=1S/C27H29N4O9PS/c1-15(16-8-6-5-7-9-16)21(22(32)30-25-28-19(14-42-25)24(34)37-2)31-23(33)20(29-26(31)35)17-10-12-18(13-11-17)40-27(38-3,39-4)41-36/h5-15,20-21H,41H2,1-4H3,(H,29,35)(H,28,30,32)/t15-,20?,21-/m0/s1. The summed E-state index contributed by atoms with van der Waals surface area (Å²) < 4.78 is 32.0. The maximum Gasteiger partial charge on any atom is 0.374 e. The highest BCUT2D eigenvalue weighted by Crippen LogP contribution is 2.33. The van der Waals surface area contributed by atoms with Crippen LogP contribution in [0.3, 0.4) is 0 Å². The van der Waals surface area contributed by atoms with Crippen molar-refractivity contribution >= 4 is 48.7 Å². The number of amides is 4. The summed E-state index contributed by atoms with van der Waals surface area (Å²) in [5, 5.41) is 6.82. The van der Waals surface area contributed by atoms with Crippen LogP contribution in [0.25, 0.3) is 0 Å². The molecule has 15 heteroatoms. The van der Waals surface area contributed by atoms with Gasteiger partial charge in [-0.1, -0.05) is 49.4 Å². The molecular weight excluding hydrogens is 587 g/mol. The van der Waals surface area contributed by atoms with Crippen LogP contribution in [0, 0.1) is 0 Å². The first-order valence-electron chi connectivity index (χ1n) is 12.6. The van der Waals surface area contributed by atoms with E-state index in [1.165, 1.54) is 38.8 Å². The van der Waals surface area contributed by atoms with Crippen LogP contribution in [-0.2, 0) is 28.4 Å². The number of rotatable bonds is 12. The number of hydrogen-bond donors (Lipinski definition) is 2. The van der Waals surface area contributed by atoms with E-state index in [4.69, 9.17) is 14.2 Å². The van der Waals surface area contributed by atoms with Gasteiger partial charge in [0.05, 0.1) is 7.11 Å². The molecule has 0 radical (unpaired) electrons. The minimum absolute atomic E-state index is 0.0119. The van der Waals surface area contributed by atoms with Gasteiger partial charge in [0, 0.05) is 25.5 Å². The third-order valence-electron chi connectivity index (χ3n) is 6.63. The molecule has 1 fully saturated rings. The van der Waals surface area contributed by atoms with Crippen molar-refractivity contribution in [1.82, 2.24) is 15.2 Å². The monoisotopic (exact) mass is 616 g/mol. The van der Waals surface area contributed by atoms with Crippen LogP contribution in [0.2, 0.25) is 0 Å². The topological polar surface area (TPSA) is 162 Å². The SMILES string of the molecule is COC(=O)c1csc(NC(=O)[C@H]([C@@H](C)c2ccccc2)N2C(=O)NC(c3ccc(OC(OC)(OC)[PH2]=O)cc3)C2=O)n1. The Hall–Kier alpha value is -4.10. The van der Waals surface area contributed by atoms with Crippen molar-refractivity contribution in [3.05, 3.63) is 76.8 Å². The first-order chi connectivity index (χ1) is 20.2. The van der Waals surface area contributed by atoms with Crippen LogP contribution >= 0.6 is 19.8 Å². The quantitative estimate of drug-likeness (QED) is 0.134. The number of hydrogen-bond acceptors (Lipinski definition) is 11. The second kappa shape index (κ2) is 13.3. The molecule has 2 aromatic carbocycles. The highest BCUT2D eigenvalue weighted by atomic mass is 32.1. The predicted molar refractivity (Wildman–Crippen MR) is 153 cm³/mol. The van der Waals surface area contributed by atoms with Crippen LogP contribution in [-0.4, -0.2) is 66.8 Å². The fourth-order valence-corrected chi connectivity index (χ4v) is 5.44. The van der Waals surface area contributed by atoms with Crippen LogP contribution in [0.4, 0.5) is 9.93 Å². The Morgan fingerprint density at radius 1 is 1.07 bits per heavy atom. The second-order valence-corrected chi connectivity index (χ2v) is 10.9. The lowest BCUT2D eigenvalue weighted by molar-refractivity contribution is -0.255. The molecule has 0 aliphatic carbocycles. The first-order valence-corrected chi connectivity index (χ1v) is 14.5. The van der Waals surface area contributed by atoms with Gasteiger partial charge in [-0.3, -0.25) is 9.59 Å². The molecule has 4 rings (SSSR count). The minimum Gasteiger partial charge on any atom is -0.464 e. The molecule has 2 heterocycles. The van der Waals surface area contributed by atoms with Crippen molar-refractivity contribution in [2.75, 3.05) is 26.6 Å². The first kappa shape index (κ1) is 30.8. The number of aromatic nitrogens is 1. The summed E-state index contributed by atoms with van der Waals surface area (Å²) in [7, 11) is 2.18. The third kappa shape index (κ3) is 6.36. The number of benzene rings is 2. The molecule has 0 bridgehead atoms. The highest BCUT2D eigenvalue weighted by molar-refractivity contribution is 7.25. The molecule has 1 saturated heterocycles. The fourth-order valence-electron chi connectivity index (χ4n) is 4.38. The van der Waals surface area contributed by atoms with Gasteiger partial charge in [-0.2, -0.15) is 0 Å². The molecule has 1 aliphatic heterocycles. The Morgan fingerprint density at radius 2 is 1.74 bits per heavy atom. The number of methoxy groups -OCH3 is 3. The molecule has 0 spiro atoms. The molecule has 4 amide bonds. The number of anilines is 1. The summed E-state index contributed by atoms with van der Waals surface area (Å²) >= 11 is 1.00. The molecule has 42 heavy (non-hydrogen) atoms. The molecule has 2 N–H and O–H groups in total. The maximum atomic E-state index is 13.7. The van der Waals surface area contributed by atoms with E-state index < -0.39 is 56.0 Å². The summed E-state index contributed by atoms with van der Waals surface area (Å²) in [6.45, 7) is 1.73. The van der Waals surface area contributed by atoms with E-state index in [-0.39, 0.29) is 16.6 Å². The molecule has 1 aromatic heterocycles. The van der Waals surface area contributed by atoms with Crippen molar-refractivity contribution in [2.24, 2.45) is 0 Å². The lowest BCUT2D eigenvalue weighted by Crippen LogP contribution is -2.50. The zero-order valence-corrected chi connectivity index (χ0v) is 25.0. The summed E-state index contributed by atoms with van der Waals surface area (Å²) in [4.78, 5) is 57.4. The molecule has 0 saturated carbocycles. The van der Waals surface area contributed by atoms with Crippen LogP contribution in [0.5, 0.6) is 5.75 Å². The Labute approximate surface area is 246 Å². The van der Waals surface area contributed by atoms with E-state index >= 15 is 0 Å². The van der Waals surface area contributed by atoms with Crippen LogP contribution in [0.15, 0.2) is 60.0 Å². The van der Waals surface area contributed by atoms with Crippen molar-refractivity contribution in [3.63, 3.8) is 0 Å². The Bertz CT molecular complexity index is 1460. The summed E-state index contributed by atoms with van der Waals surface area (Å²) in [5.74, 6) is -2.33. The average Bonchev–Trinajstić information content (AvgIpc) is 3.60. The van der Waals surface area contributed by atoms with Gasteiger partial charge in [-0.05, 0) is 23.3 Å². The Morgan fingerprint density at radius 3 is 2.33 bits per heavy atom. The van der Waals surface area contributed by atoms with E-state index in [1.54, 1.807) is 43.3 Å². The van der Waals surface area contributed by atoms with Gasteiger partial charge in [0.1, 0.15) is 17.8 Å². The number of carbonyl (C=O) groups is 4. The largest absolute Gasteiger partial charge is 0.464 e. The van der Waals surface area contributed by atoms with Gasteiger partial charge in [0.25, 0.3) is 5.91 Å².